The summed E-state index contributed by atoms with van der Waals surface area (Å²) < 4.78 is 4.83. The Hall–Kier alpha value is -0.730. The molecule has 132 valence electrons. The van der Waals surface area contributed by atoms with Crippen LogP contribution in [0.25, 0.3) is 0 Å². The lowest BCUT2D eigenvalue weighted by Crippen LogP contribution is -2.00. The highest BCUT2D eigenvalue weighted by Gasteiger charge is 1.88. The standard InChI is InChI=1S/2C4H10O2.C4H10O.C2H4O2/c2*1-4(6)2-3-5;1-3-5-4-2;1-2(3)4/h2*4-6H,2-3H2,1H3;3-4H2,1-2H3;1H3,(H,3,4). The van der Waals surface area contributed by atoms with E-state index in [1.54, 1.807) is 13.8 Å². The van der Waals surface area contributed by atoms with Crippen LogP contribution in [0.4, 0.5) is 0 Å². The van der Waals surface area contributed by atoms with E-state index in [0.29, 0.717) is 12.8 Å². The van der Waals surface area contributed by atoms with E-state index in [9.17, 15) is 0 Å². The number of carboxylic acid groups (broad SMARTS) is 1. The van der Waals surface area contributed by atoms with Crippen LogP contribution in [0.1, 0.15) is 47.5 Å². The minimum Gasteiger partial charge on any atom is -0.481 e. The Kier molecular flexibility index (Phi) is 37.4. The van der Waals surface area contributed by atoms with Gasteiger partial charge in [0.25, 0.3) is 5.97 Å². The van der Waals surface area contributed by atoms with E-state index in [1.807, 2.05) is 13.8 Å². The van der Waals surface area contributed by atoms with Crippen LogP contribution in [-0.4, -0.2) is 70.1 Å². The van der Waals surface area contributed by atoms with Crippen LogP contribution < -0.4 is 0 Å². The predicted molar refractivity (Wildman–Crippen MR) is 82.2 cm³/mol. The molecule has 2 atom stereocenters. The number of ether oxygens (including phenoxy) is 1. The summed E-state index contributed by atoms with van der Waals surface area (Å²) in [5.74, 6) is -0.833. The van der Waals surface area contributed by atoms with Gasteiger partial charge in [-0.2, -0.15) is 0 Å². The predicted octanol–water partition coefficient (Wildman–Crippen LogP) is 0.633. The first-order chi connectivity index (χ1) is 9.69. The summed E-state index contributed by atoms with van der Waals surface area (Å²) in [7, 11) is 0. The van der Waals surface area contributed by atoms with Crippen molar-refractivity contribution in [2.75, 3.05) is 26.4 Å². The number of aliphatic carboxylic acids is 1. The smallest absolute Gasteiger partial charge is 0.300 e. The van der Waals surface area contributed by atoms with Crippen molar-refractivity contribution in [2.45, 2.75) is 59.7 Å². The van der Waals surface area contributed by atoms with Crippen LogP contribution in [0.15, 0.2) is 0 Å². The molecule has 0 saturated heterocycles. The van der Waals surface area contributed by atoms with Gasteiger partial charge in [-0.1, -0.05) is 0 Å². The summed E-state index contributed by atoms with van der Waals surface area (Å²) in [4.78, 5) is 9.00. The van der Waals surface area contributed by atoms with Crippen molar-refractivity contribution in [3.05, 3.63) is 0 Å². The molecule has 2 unspecified atom stereocenters. The first-order valence-electron chi connectivity index (χ1n) is 7.04. The third-order valence-corrected chi connectivity index (χ3v) is 1.50. The zero-order chi connectivity index (χ0) is 17.7. The van der Waals surface area contributed by atoms with Crippen molar-refractivity contribution in [2.24, 2.45) is 0 Å². The van der Waals surface area contributed by atoms with Crippen LogP contribution in [0.5, 0.6) is 0 Å². The van der Waals surface area contributed by atoms with E-state index in [-0.39, 0.29) is 25.4 Å². The molecule has 0 amide bonds. The molecular formula is C14H34O7. The molecule has 0 fully saturated rings. The molecule has 0 aliphatic carbocycles. The second kappa shape index (κ2) is 27.6. The average molecular weight is 314 g/mol. The maximum atomic E-state index is 9.00. The van der Waals surface area contributed by atoms with Gasteiger partial charge in [0.15, 0.2) is 0 Å². The van der Waals surface area contributed by atoms with E-state index in [4.69, 9.17) is 35.1 Å². The Morgan fingerprint density at radius 1 is 0.952 bits per heavy atom. The lowest BCUT2D eigenvalue weighted by atomic mass is 10.3. The average Bonchev–Trinajstić information content (AvgIpc) is 2.30. The monoisotopic (exact) mass is 314 g/mol. The summed E-state index contributed by atoms with van der Waals surface area (Å²) >= 11 is 0. The Labute approximate surface area is 128 Å². The molecule has 0 saturated carbocycles. The molecule has 21 heavy (non-hydrogen) atoms. The molecule has 0 radical (unpaired) electrons. The Balaban J connectivity index is -0.0000000929. The fourth-order valence-corrected chi connectivity index (χ4v) is 0.578. The van der Waals surface area contributed by atoms with E-state index in [2.05, 4.69) is 0 Å². The van der Waals surface area contributed by atoms with Gasteiger partial charge in [-0.25, -0.2) is 0 Å². The molecule has 0 rings (SSSR count). The number of carboxylic acids is 1. The zero-order valence-electron chi connectivity index (χ0n) is 13.9. The van der Waals surface area contributed by atoms with Gasteiger partial charge in [0.1, 0.15) is 0 Å². The van der Waals surface area contributed by atoms with Gasteiger partial charge in [0, 0.05) is 33.4 Å². The number of aliphatic hydroxyl groups excluding tert-OH is 4. The summed E-state index contributed by atoms with van der Waals surface area (Å²) in [6.07, 6.45) is 0.269. The van der Waals surface area contributed by atoms with E-state index in [0.717, 1.165) is 20.1 Å². The molecule has 7 nitrogen and oxygen atoms in total. The fourth-order valence-electron chi connectivity index (χ4n) is 0.578. The summed E-state index contributed by atoms with van der Waals surface area (Å²) in [5.41, 5.74) is 0. The van der Waals surface area contributed by atoms with Crippen LogP contribution in [0, 0.1) is 0 Å². The van der Waals surface area contributed by atoms with Gasteiger partial charge in [-0.15, -0.1) is 0 Å². The van der Waals surface area contributed by atoms with E-state index < -0.39 is 5.97 Å². The lowest BCUT2D eigenvalue weighted by Gasteiger charge is -1.95. The minimum atomic E-state index is -0.833. The van der Waals surface area contributed by atoms with Crippen LogP contribution >= 0.6 is 0 Å². The van der Waals surface area contributed by atoms with Crippen molar-refractivity contribution >= 4 is 5.97 Å². The Morgan fingerprint density at radius 3 is 1.19 bits per heavy atom. The summed E-state index contributed by atoms with van der Waals surface area (Å²) in [6, 6.07) is 0. The van der Waals surface area contributed by atoms with Crippen molar-refractivity contribution in [3.63, 3.8) is 0 Å². The molecule has 0 bridgehead atoms. The molecule has 0 aliphatic heterocycles. The second-order valence-electron chi connectivity index (χ2n) is 4.02. The highest BCUT2D eigenvalue weighted by atomic mass is 16.5. The maximum Gasteiger partial charge on any atom is 0.300 e. The highest BCUT2D eigenvalue weighted by molar-refractivity contribution is 5.62. The highest BCUT2D eigenvalue weighted by Crippen LogP contribution is 1.83. The molecule has 0 aliphatic rings. The summed E-state index contributed by atoms with van der Waals surface area (Å²) in [6.45, 7) is 10.2. The molecule has 5 N–H and O–H groups in total. The van der Waals surface area contributed by atoms with E-state index >= 15 is 0 Å². The first kappa shape index (κ1) is 28.4. The number of hydrogen-bond donors (Lipinski definition) is 5. The second-order valence-corrected chi connectivity index (χ2v) is 4.02. The maximum absolute atomic E-state index is 9.00. The third kappa shape index (κ3) is 109. The first-order valence-corrected chi connectivity index (χ1v) is 7.04. The molecular weight excluding hydrogens is 280 g/mol. The molecule has 0 aromatic heterocycles. The largest absolute Gasteiger partial charge is 0.481 e. The van der Waals surface area contributed by atoms with Gasteiger partial charge in [0.05, 0.1) is 12.2 Å². The van der Waals surface area contributed by atoms with Crippen molar-refractivity contribution < 1.29 is 35.1 Å². The van der Waals surface area contributed by atoms with Gasteiger partial charge in [0.2, 0.25) is 0 Å². The zero-order valence-corrected chi connectivity index (χ0v) is 13.9. The number of aliphatic hydroxyl groups is 4. The van der Waals surface area contributed by atoms with Gasteiger partial charge < -0.3 is 30.3 Å². The third-order valence-electron chi connectivity index (χ3n) is 1.50. The number of carbonyl (C=O) groups is 1. The normalized spacial score (nSPS) is 11.5. The molecule has 0 aromatic rings. The lowest BCUT2D eigenvalue weighted by molar-refractivity contribution is -0.134. The number of rotatable bonds is 6. The van der Waals surface area contributed by atoms with Crippen LogP contribution in [-0.2, 0) is 9.53 Å². The number of hydrogen-bond acceptors (Lipinski definition) is 6. The topological polar surface area (TPSA) is 127 Å². The SMILES string of the molecule is CC(=O)O.CC(O)CCO.CC(O)CCO.CCOCC. The molecule has 0 heterocycles. The van der Waals surface area contributed by atoms with E-state index in [1.165, 1.54) is 0 Å². The fraction of sp³-hybridized carbons (Fsp3) is 0.929. The Morgan fingerprint density at radius 2 is 1.19 bits per heavy atom. The molecule has 7 heteroatoms. The summed E-state index contributed by atoms with van der Waals surface area (Å²) in [5, 5.41) is 40.4. The van der Waals surface area contributed by atoms with Crippen LogP contribution in [0.2, 0.25) is 0 Å². The van der Waals surface area contributed by atoms with Gasteiger partial charge in [-0.3, -0.25) is 4.79 Å². The Bertz CT molecular complexity index is 157. The van der Waals surface area contributed by atoms with Crippen molar-refractivity contribution in [3.8, 4) is 0 Å². The van der Waals surface area contributed by atoms with Crippen molar-refractivity contribution in [1.29, 1.82) is 0 Å². The van der Waals surface area contributed by atoms with Gasteiger partial charge >= 0.3 is 0 Å². The molecule has 0 spiro atoms. The minimum absolute atomic E-state index is 0.0810. The van der Waals surface area contributed by atoms with Crippen molar-refractivity contribution in [1.82, 2.24) is 0 Å². The van der Waals surface area contributed by atoms with Crippen LogP contribution in [0.3, 0.4) is 0 Å². The molecule has 0 aromatic carbocycles. The van der Waals surface area contributed by atoms with Gasteiger partial charge in [-0.05, 0) is 40.5 Å². The quantitative estimate of drug-likeness (QED) is 0.486.